The van der Waals surface area contributed by atoms with Crippen molar-refractivity contribution in [2.45, 2.75) is 38.0 Å². The number of nitrogens with two attached hydrogens (primary N) is 1. The van der Waals surface area contributed by atoms with Gasteiger partial charge in [-0.3, -0.25) is 0 Å². The van der Waals surface area contributed by atoms with Crippen molar-refractivity contribution >= 4 is 28.1 Å². The quantitative estimate of drug-likeness (QED) is 0.671. The number of benzene rings is 1. The average Bonchev–Trinajstić information content (AvgIpc) is 3.38. The molecule has 0 spiro atoms. The highest BCUT2D eigenvalue weighted by Crippen LogP contribution is 2.39. The summed E-state index contributed by atoms with van der Waals surface area (Å²) in [5.74, 6) is 1.48. The van der Waals surface area contributed by atoms with Crippen LogP contribution in [0.15, 0.2) is 36.5 Å². The average molecular weight is 371 g/mol. The van der Waals surface area contributed by atoms with Gasteiger partial charge >= 0.3 is 0 Å². The molecule has 0 unspecified atom stereocenters. The monoisotopic (exact) mass is 370 g/mol. The van der Waals surface area contributed by atoms with E-state index < -0.39 is 0 Å². The van der Waals surface area contributed by atoms with Gasteiger partial charge < -0.3 is 5.73 Å². The number of rotatable bonds is 6. The molecule has 0 bridgehead atoms. The predicted molar refractivity (Wildman–Crippen MR) is 103 cm³/mol. The van der Waals surface area contributed by atoms with Gasteiger partial charge in [0.25, 0.3) is 0 Å². The minimum Gasteiger partial charge on any atom is -0.375 e. The molecule has 0 amide bonds. The second-order valence-corrected chi connectivity index (χ2v) is 7.93. The Bertz CT molecular complexity index is 889. The summed E-state index contributed by atoms with van der Waals surface area (Å²) in [7, 11) is 0. The third kappa shape index (κ3) is 3.99. The van der Waals surface area contributed by atoms with Crippen LogP contribution >= 0.6 is 22.9 Å². The highest BCUT2D eigenvalue weighted by molar-refractivity contribution is 7.15. The molecule has 1 aromatic carbocycles. The van der Waals surface area contributed by atoms with Crippen LogP contribution in [0.3, 0.4) is 0 Å². The maximum atomic E-state index is 6.37. The fraction of sp³-hybridized carbons (Fsp3) is 0.316. The summed E-state index contributed by atoms with van der Waals surface area (Å²) >= 11 is 7.93. The summed E-state index contributed by atoms with van der Waals surface area (Å²) in [5.41, 5.74) is 8.69. The molecule has 0 aliphatic heterocycles. The Morgan fingerprint density at radius 1 is 1.16 bits per heavy atom. The first kappa shape index (κ1) is 16.5. The summed E-state index contributed by atoms with van der Waals surface area (Å²) in [6, 6.07) is 9.94. The number of thiazole rings is 1. The predicted octanol–water partition coefficient (Wildman–Crippen LogP) is 4.89. The summed E-state index contributed by atoms with van der Waals surface area (Å²) in [6.07, 6.45) is 7.14. The van der Waals surface area contributed by atoms with Crippen molar-refractivity contribution in [2.75, 3.05) is 5.73 Å². The van der Waals surface area contributed by atoms with Gasteiger partial charge in [-0.25, -0.2) is 15.0 Å². The molecule has 128 valence electrons. The molecule has 0 saturated heterocycles. The van der Waals surface area contributed by atoms with Crippen molar-refractivity contribution in [1.29, 1.82) is 0 Å². The molecule has 4 nitrogen and oxygen atoms in total. The van der Waals surface area contributed by atoms with Gasteiger partial charge in [-0.1, -0.05) is 29.8 Å². The Hall–Kier alpha value is -1.98. The maximum absolute atomic E-state index is 6.37. The van der Waals surface area contributed by atoms with Crippen molar-refractivity contribution in [3.8, 4) is 11.3 Å². The van der Waals surface area contributed by atoms with Crippen LogP contribution in [0, 0.1) is 0 Å². The largest absolute Gasteiger partial charge is 0.375 e. The number of nitrogens with zero attached hydrogens (tertiary/aromatic N) is 3. The first-order valence-electron chi connectivity index (χ1n) is 8.52. The van der Waals surface area contributed by atoms with Gasteiger partial charge in [0.1, 0.15) is 5.82 Å². The first-order valence-corrected chi connectivity index (χ1v) is 9.71. The zero-order valence-electron chi connectivity index (χ0n) is 13.8. The molecular weight excluding hydrogens is 352 g/mol. The fourth-order valence-electron chi connectivity index (χ4n) is 2.86. The lowest BCUT2D eigenvalue weighted by Crippen LogP contribution is -2.01. The molecule has 1 aliphatic carbocycles. The van der Waals surface area contributed by atoms with Gasteiger partial charge in [0.05, 0.1) is 5.69 Å². The summed E-state index contributed by atoms with van der Waals surface area (Å²) in [5, 5.41) is 1.36. The van der Waals surface area contributed by atoms with E-state index in [1.54, 1.807) is 11.3 Å². The van der Waals surface area contributed by atoms with E-state index in [9.17, 15) is 0 Å². The maximum Gasteiger partial charge on any atom is 0.180 e. The molecule has 2 N–H and O–H groups in total. The molecule has 0 atom stereocenters. The van der Waals surface area contributed by atoms with E-state index in [0.29, 0.717) is 11.0 Å². The normalized spacial score (nSPS) is 14.0. The van der Waals surface area contributed by atoms with Crippen LogP contribution in [0.1, 0.15) is 41.6 Å². The molecule has 1 fully saturated rings. The minimum atomic E-state index is 0.516. The first-order chi connectivity index (χ1) is 12.2. The van der Waals surface area contributed by atoms with Crippen molar-refractivity contribution < 1.29 is 0 Å². The van der Waals surface area contributed by atoms with Crippen molar-refractivity contribution in [1.82, 2.24) is 15.0 Å². The Balaban J connectivity index is 1.55. The van der Waals surface area contributed by atoms with Crippen LogP contribution < -0.4 is 5.73 Å². The Labute approximate surface area is 156 Å². The second kappa shape index (κ2) is 7.10. The zero-order chi connectivity index (χ0) is 17.2. The van der Waals surface area contributed by atoms with Crippen LogP contribution in [0.5, 0.6) is 0 Å². The van der Waals surface area contributed by atoms with Gasteiger partial charge in [0.2, 0.25) is 0 Å². The molecule has 0 radical (unpaired) electrons. The SMILES string of the molecule is Nc1ncc(CCCc2cc(-c3ccccc3Cl)nc(C3CC3)n2)s1. The number of hydrogen-bond acceptors (Lipinski definition) is 5. The lowest BCUT2D eigenvalue weighted by atomic mass is 10.1. The molecule has 2 heterocycles. The Morgan fingerprint density at radius 2 is 2.00 bits per heavy atom. The minimum absolute atomic E-state index is 0.516. The molecule has 1 aliphatic rings. The van der Waals surface area contributed by atoms with Crippen molar-refractivity contribution in [2.24, 2.45) is 0 Å². The number of halogens is 1. The number of hydrogen-bond donors (Lipinski definition) is 1. The van der Waals surface area contributed by atoms with Crippen LogP contribution in [0.25, 0.3) is 11.3 Å². The van der Waals surface area contributed by atoms with E-state index in [1.165, 1.54) is 17.7 Å². The molecule has 3 aromatic rings. The Morgan fingerprint density at radius 3 is 2.72 bits per heavy atom. The summed E-state index contributed by atoms with van der Waals surface area (Å²) < 4.78 is 0. The smallest absolute Gasteiger partial charge is 0.180 e. The van der Waals surface area contributed by atoms with Gasteiger partial charge in [0.15, 0.2) is 5.13 Å². The summed E-state index contributed by atoms with van der Waals surface area (Å²) in [6.45, 7) is 0. The summed E-state index contributed by atoms with van der Waals surface area (Å²) in [4.78, 5) is 14.9. The molecule has 1 saturated carbocycles. The van der Waals surface area contributed by atoms with Gasteiger partial charge in [-0.05, 0) is 44.2 Å². The number of aryl methyl sites for hydroxylation is 2. The van der Waals surface area contributed by atoms with Gasteiger partial charge in [-0.2, -0.15) is 0 Å². The molecule has 2 aromatic heterocycles. The Kier molecular flexibility index (Phi) is 4.68. The number of aromatic nitrogens is 3. The topological polar surface area (TPSA) is 64.7 Å². The highest BCUT2D eigenvalue weighted by Gasteiger charge is 2.27. The van der Waals surface area contributed by atoms with E-state index in [2.05, 4.69) is 11.1 Å². The van der Waals surface area contributed by atoms with Crippen LogP contribution in [-0.2, 0) is 12.8 Å². The third-order valence-electron chi connectivity index (χ3n) is 4.32. The van der Waals surface area contributed by atoms with Gasteiger partial charge in [0, 0.05) is 33.3 Å². The standard InChI is InChI=1S/C19H19ClN4S/c20-16-7-2-1-6-15(16)17-10-13(23-18(24-17)12-8-9-12)4-3-5-14-11-22-19(21)25-14/h1-2,6-7,10-12H,3-5,8-9H2,(H2,21,22). The third-order valence-corrected chi connectivity index (χ3v) is 5.53. The van der Waals surface area contributed by atoms with E-state index >= 15 is 0 Å². The molecule has 4 rings (SSSR count). The van der Waals surface area contributed by atoms with E-state index in [1.807, 2.05) is 30.5 Å². The van der Waals surface area contributed by atoms with Crippen LogP contribution in [-0.4, -0.2) is 15.0 Å². The van der Waals surface area contributed by atoms with Crippen molar-refractivity contribution in [3.05, 3.63) is 57.9 Å². The fourth-order valence-corrected chi connectivity index (χ4v) is 3.82. The van der Waals surface area contributed by atoms with Crippen LogP contribution in [0.2, 0.25) is 5.02 Å². The number of nitrogen functional groups attached to an aromatic ring is 1. The second-order valence-electron chi connectivity index (χ2n) is 6.38. The van der Waals surface area contributed by atoms with E-state index in [-0.39, 0.29) is 0 Å². The zero-order valence-corrected chi connectivity index (χ0v) is 15.4. The van der Waals surface area contributed by atoms with Crippen LogP contribution in [0.4, 0.5) is 5.13 Å². The number of anilines is 1. The lowest BCUT2D eigenvalue weighted by molar-refractivity contribution is 0.784. The van der Waals surface area contributed by atoms with Crippen molar-refractivity contribution in [3.63, 3.8) is 0 Å². The molecule has 25 heavy (non-hydrogen) atoms. The van der Waals surface area contributed by atoms with Gasteiger partial charge in [-0.15, -0.1) is 11.3 Å². The highest BCUT2D eigenvalue weighted by atomic mass is 35.5. The van der Waals surface area contributed by atoms with E-state index in [0.717, 1.165) is 47.1 Å². The lowest BCUT2D eigenvalue weighted by Gasteiger charge is -2.09. The molecular formula is C19H19ClN4S. The van der Waals surface area contributed by atoms with E-state index in [4.69, 9.17) is 27.3 Å². The molecule has 6 heteroatoms.